The number of carbonyl (C=O) groups is 3. The van der Waals surface area contributed by atoms with E-state index in [1.165, 1.54) is 4.90 Å². The molecule has 2 amide bonds. The molecule has 2 aromatic carbocycles. The molecule has 5 rings (SSSR count). The maximum Gasteiger partial charge on any atom is 0.326 e. The molecule has 0 radical (unpaired) electrons. The molecule has 3 aliphatic rings. The van der Waals surface area contributed by atoms with Crippen LogP contribution in [0.1, 0.15) is 34.0 Å². The molecular weight excluding hydrogens is 428 g/mol. The van der Waals surface area contributed by atoms with E-state index in [1.54, 1.807) is 19.2 Å². The first-order chi connectivity index (χ1) is 15.9. The van der Waals surface area contributed by atoms with Crippen molar-refractivity contribution in [3.05, 3.63) is 59.2 Å². The summed E-state index contributed by atoms with van der Waals surface area (Å²) in [5.74, 6) is -3.12. The lowest BCUT2D eigenvalue weighted by Crippen LogP contribution is -2.46. The van der Waals surface area contributed by atoms with Gasteiger partial charge in [-0.1, -0.05) is 30.3 Å². The fourth-order valence-corrected chi connectivity index (χ4v) is 4.94. The van der Waals surface area contributed by atoms with Gasteiger partial charge in [-0.3, -0.25) is 9.59 Å². The fourth-order valence-electron chi connectivity index (χ4n) is 4.94. The molecule has 1 spiro atoms. The lowest BCUT2D eigenvalue weighted by molar-refractivity contribution is -0.152. The highest BCUT2D eigenvalue weighted by molar-refractivity contribution is 5.98. The minimum absolute atomic E-state index is 0.0205. The summed E-state index contributed by atoms with van der Waals surface area (Å²) in [5.41, 5.74) is 4.35. The predicted molar refractivity (Wildman–Crippen MR) is 115 cm³/mol. The van der Waals surface area contributed by atoms with Crippen LogP contribution in [0.15, 0.2) is 42.5 Å². The van der Waals surface area contributed by atoms with Gasteiger partial charge < -0.3 is 29.5 Å². The van der Waals surface area contributed by atoms with E-state index in [0.29, 0.717) is 18.8 Å². The van der Waals surface area contributed by atoms with Crippen LogP contribution in [0.2, 0.25) is 0 Å². The average molecular weight is 452 g/mol. The van der Waals surface area contributed by atoms with Crippen LogP contribution in [0.5, 0.6) is 0 Å². The monoisotopic (exact) mass is 452 g/mol. The Kier molecular flexibility index (Phi) is 5.40. The topological polar surface area (TPSA) is 114 Å². The summed E-state index contributed by atoms with van der Waals surface area (Å²) < 4.78 is 16.8. The van der Waals surface area contributed by atoms with Crippen LogP contribution < -0.4 is 5.32 Å². The number of methoxy groups -OCH3 is 1. The minimum atomic E-state index is -1.13. The Morgan fingerprint density at radius 3 is 2.58 bits per heavy atom. The Bertz CT molecular complexity index is 1130. The van der Waals surface area contributed by atoms with Gasteiger partial charge in [-0.2, -0.15) is 0 Å². The van der Waals surface area contributed by atoms with Gasteiger partial charge in [0.15, 0.2) is 5.79 Å². The fraction of sp³-hybridized carbons (Fsp3) is 0.375. The van der Waals surface area contributed by atoms with Crippen molar-refractivity contribution in [1.82, 2.24) is 10.2 Å². The minimum Gasteiger partial charge on any atom is -0.480 e. The van der Waals surface area contributed by atoms with Crippen molar-refractivity contribution < 1.29 is 33.7 Å². The number of carbonyl (C=O) groups excluding carboxylic acids is 2. The number of amides is 2. The second-order valence-electron chi connectivity index (χ2n) is 8.38. The maximum atomic E-state index is 12.8. The van der Waals surface area contributed by atoms with E-state index < -0.39 is 29.6 Å². The van der Waals surface area contributed by atoms with E-state index in [0.717, 1.165) is 22.3 Å². The number of benzene rings is 2. The molecule has 2 heterocycles. The molecule has 2 aromatic rings. The van der Waals surface area contributed by atoms with Gasteiger partial charge in [0.05, 0.1) is 26.3 Å². The van der Waals surface area contributed by atoms with Gasteiger partial charge in [0.25, 0.3) is 5.91 Å². The molecule has 1 aliphatic carbocycles. The van der Waals surface area contributed by atoms with Crippen molar-refractivity contribution >= 4 is 17.8 Å². The van der Waals surface area contributed by atoms with Gasteiger partial charge >= 0.3 is 5.97 Å². The summed E-state index contributed by atoms with van der Waals surface area (Å²) >= 11 is 0. The second kappa shape index (κ2) is 8.26. The summed E-state index contributed by atoms with van der Waals surface area (Å²) in [6.45, 7) is 0.409. The van der Waals surface area contributed by atoms with Crippen LogP contribution in [0.25, 0.3) is 11.1 Å². The molecule has 2 saturated heterocycles. The Morgan fingerprint density at radius 2 is 1.85 bits per heavy atom. The lowest BCUT2D eigenvalue weighted by atomic mass is 10.0. The zero-order valence-electron chi connectivity index (χ0n) is 18.1. The number of ether oxygens (including phenoxy) is 3. The van der Waals surface area contributed by atoms with Gasteiger partial charge in [0.2, 0.25) is 5.91 Å². The molecule has 2 aliphatic heterocycles. The van der Waals surface area contributed by atoms with Gasteiger partial charge in [-0.25, -0.2) is 4.79 Å². The molecule has 9 heteroatoms. The zero-order chi connectivity index (χ0) is 23.2. The third-order valence-corrected chi connectivity index (χ3v) is 6.48. The number of nitrogens with zero attached hydrogens (tertiary/aromatic N) is 1. The average Bonchev–Trinajstić information content (AvgIpc) is 3.53. The number of carboxylic acids is 1. The first-order valence-corrected chi connectivity index (χ1v) is 10.8. The highest BCUT2D eigenvalue weighted by Crippen LogP contribution is 2.45. The van der Waals surface area contributed by atoms with E-state index in [2.05, 4.69) is 5.32 Å². The Balaban J connectivity index is 1.29. The number of rotatable bonds is 5. The molecule has 2 N–H and O–H groups in total. The summed E-state index contributed by atoms with van der Waals surface area (Å²) in [4.78, 5) is 38.5. The predicted octanol–water partition coefficient (Wildman–Crippen LogP) is 1.56. The van der Waals surface area contributed by atoms with Gasteiger partial charge in [-0.05, 0) is 34.4 Å². The zero-order valence-corrected chi connectivity index (χ0v) is 18.1. The second-order valence-corrected chi connectivity index (χ2v) is 8.38. The van der Waals surface area contributed by atoms with Crippen LogP contribution in [-0.2, 0) is 23.8 Å². The highest BCUT2D eigenvalue weighted by atomic mass is 16.7. The van der Waals surface area contributed by atoms with Crippen molar-refractivity contribution in [1.29, 1.82) is 0 Å². The molecule has 2 fully saturated rings. The maximum absolute atomic E-state index is 12.8. The smallest absolute Gasteiger partial charge is 0.326 e. The van der Waals surface area contributed by atoms with Crippen LogP contribution in [0.4, 0.5) is 0 Å². The van der Waals surface area contributed by atoms with Gasteiger partial charge in [-0.15, -0.1) is 0 Å². The summed E-state index contributed by atoms with van der Waals surface area (Å²) in [6, 6.07) is 12.2. The molecule has 0 saturated carbocycles. The molecular formula is C24H24N2O7. The molecule has 172 valence electrons. The van der Waals surface area contributed by atoms with Crippen LogP contribution >= 0.6 is 0 Å². The Morgan fingerprint density at radius 1 is 1.12 bits per heavy atom. The lowest BCUT2D eigenvalue weighted by Gasteiger charge is -2.23. The quantitative estimate of drug-likeness (QED) is 0.708. The van der Waals surface area contributed by atoms with Crippen molar-refractivity contribution in [2.75, 3.05) is 33.4 Å². The number of carboxylic acid groups (broad SMARTS) is 1. The van der Waals surface area contributed by atoms with Crippen molar-refractivity contribution in [3.63, 3.8) is 0 Å². The molecule has 33 heavy (non-hydrogen) atoms. The number of fused-ring (bicyclic) bond motifs is 3. The molecule has 0 aromatic heterocycles. The third kappa shape index (κ3) is 3.68. The van der Waals surface area contributed by atoms with Crippen molar-refractivity contribution in [2.45, 2.75) is 24.4 Å². The van der Waals surface area contributed by atoms with Crippen LogP contribution in [-0.4, -0.2) is 73.0 Å². The van der Waals surface area contributed by atoms with E-state index in [9.17, 15) is 19.5 Å². The summed E-state index contributed by atoms with van der Waals surface area (Å²) in [5, 5.41) is 12.2. The molecule has 9 nitrogen and oxygen atoms in total. The first kappa shape index (κ1) is 21.6. The number of hydrogen-bond acceptors (Lipinski definition) is 6. The largest absolute Gasteiger partial charge is 0.480 e. The van der Waals surface area contributed by atoms with E-state index in [1.807, 2.05) is 30.3 Å². The van der Waals surface area contributed by atoms with Gasteiger partial charge in [0.1, 0.15) is 12.1 Å². The highest BCUT2D eigenvalue weighted by Gasteiger charge is 2.52. The molecule has 0 bridgehead atoms. The SMILES string of the molecule is COC1c2ccccc2-c2cc(C(=O)NCC(=O)N3CC4(C[C@H]3C(=O)O)OCCO4)ccc21. The van der Waals surface area contributed by atoms with Crippen LogP contribution in [0, 0.1) is 0 Å². The summed E-state index contributed by atoms with van der Waals surface area (Å²) in [6.07, 6.45) is -0.127. The molecule has 1 unspecified atom stereocenters. The number of likely N-dealkylation sites (tertiary alicyclic amines) is 1. The van der Waals surface area contributed by atoms with E-state index in [4.69, 9.17) is 14.2 Å². The molecule has 2 atom stereocenters. The van der Waals surface area contributed by atoms with Gasteiger partial charge in [0, 0.05) is 19.1 Å². The third-order valence-electron chi connectivity index (χ3n) is 6.48. The van der Waals surface area contributed by atoms with E-state index >= 15 is 0 Å². The van der Waals surface area contributed by atoms with E-state index in [-0.39, 0.29) is 25.6 Å². The summed E-state index contributed by atoms with van der Waals surface area (Å²) in [7, 11) is 1.65. The van der Waals surface area contributed by atoms with Crippen LogP contribution in [0.3, 0.4) is 0 Å². The van der Waals surface area contributed by atoms with Crippen molar-refractivity contribution in [2.24, 2.45) is 0 Å². The Labute approximate surface area is 190 Å². The number of aliphatic carboxylic acids is 1. The Hall–Kier alpha value is -3.27. The first-order valence-electron chi connectivity index (χ1n) is 10.8. The number of nitrogens with one attached hydrogen (secondary N) is 1. The van der Waals surface area contributed by atoms with Crippen molar-refractivity contribution in [3.8, 4) is 11.1 Å². The number of hydrogen-bond donors (Lipinski definition) is 2. The standard InChI is InChI=1S/C24H24N2O7/c1-31-21-16-5-3-2-4-15(16)18-10-14(6-7-17(18)21)22(28)25-12-20(27)26-13-24(32-8-9-33-24)11-19(26)23(29)30/h2-7,10,19,21H,8-9,11-13H2,1H3,(H,25,28)(H,29,30)/t19-,21?/m0/s1. The normalized spacial score (nSPS) is 22.3.